The number of hydrogen-bond donors (Lipinski definition) is 0. The molecule has 344 valence electrons. The Labute approximate surface area is 430 Å². The van der Waals surface area contributed by atoms with Gasteiger partial charge in [-0.25, -0.2) is 15.0 Å². The maximum atomic E-state index is 5.29. The Bertz CT molecular complexity index is 4100. The van der Waals surface area contributed by atoms with Crippen molar-refractivity contribution in [1.82, 2.24) is 15.0 Å². The van der Waals surface area contributed by atoms with Crippen LogP contribution < -0.4 is 0 Å². The molecule has 0 N–H and O–H groups in total. The zero-order valence-corrected chi connectivity index (χ0v) is 40.3. The minimum absolute atomic E-state index is 0.546. The van der Waals surface area contributed by atoms with Crippen LogP contribution in [0.3, 0.4) is 0 Å². The molecule has 2 spiro atoms. The van der Waals surface area contributed by atoms with Gasteiger partial charge < -0.3 is 0 Å². The molecule has 0 bridgehead atoms. The molecule has 3 heteroatoms. The topological polar surface area (TPSA) is 38.7 Å². The molecular formula is C71H45N3. The van der Waals surface area contributed by atoms with Gasteiger partial charge in [0.05, 0.1) is 10.8 Å². The molecule has 12 aromatic rings. The molecule has 3 aliphatic rings. The smallest absolute Gasteiger partial charge is 0.164 e. The Morgan fingerprint density at radius 2 is 0.459 bits per heavy atom. The van der Waals surface area contributed by atoms with Crippen molar-refractivity contribution in [3.63, 3.8) is 0 Å². The standard InChI is InChI=1S/C71H45N3/c1-3-19-46(20-4-1)47-37-39-48(40-38-47)50-23-17-25-53(43-50)68-72-67(49-21-5-2-6-22-49)73-69(74-68)54-26-18-24-51(44-54)52-41-42-65-66(45-52)71(61-33-13-9-29-57(61)58-30-10-14-34-62(58)71)64-36-16-15-35-63(64)70(65)59-31-11-7-27-55(59)56-28-8-12-32-60(56)70/h1-45H. The van der Waals surface area contributed by atoms with Gasteiger partial charge in [0, 0.05) is 16.7 Å². The Hall–Kier alpha value is -9.57. The van der Waals surface area contributed by atoms with Gasteiger partial charge in [-0.05, 0) is 118 Å². The zero-order valence-electron chi connectivity index (χ0n) is 40.3. The summed E-state index contributed by atoms with van der Waals surface area (Å²) >= 11 is 0. The van der Waals surface area contributed by atoms with Crippen LogP contribution in [0.25, 0.3) is 89.8 Å². The molecule has 11 aromatic carbocycles. The van der Waals surface area contributed by atoms with Crippen LogP contribution in [0.15, 0.2) is 273 Å². The largest absolute Gasteiger partial charge is 0.208 e. The summed E-state index contributed by atoms with van der Waals surface area (Å²) in [5.74, 6) is 1.87. The third-order valence-corrected chi connectivity index (χ3v) is 16.0. The van der Waals surface area contributed by atoms with E-state index in [1.54, 1.807) is 0 Å². The fourth-order valence-electron chi connectivity index (χ4n) is 12.9. The van der Waals surface area contributed by atoms with Gasteiger partial charge >= 0.3 is 0 Å². The van der Waals surface area contributed by atoms with E-state index in [1.807, 2.05) is 18.2 Å². The summed E-state index contributed by atoms with van der Waals surface area (Å²) in [6, 6.07) is 99.8. The number of nitrogens with zero attached hydrogens (tertiary/aromatic N) is 3. The summed E-state index contributed by atoms with van der Waals surface area (Å²) in [7, 11) is 0. The molecule has 0 amide bonds. The molecule has 3 nitrogen and oxygen atoms in total. The Morgan fingerprint density at radius 3 is 0.932 bits per heavy atom. The van der Waals surface area contributed by atoms with Gasteiger partial charge in [-0.3, -0.25) is 0 Å². The number of rotatable bonds is 6. The molecule has 0 aliphatic heterocycles. The van der Waals surface area contributed by atoms with Crippen molar-refractivity contribution in [3.8, 4) is 89.8 Å². The van der Waals surface area contributed by atoms with Crippen LogP contribution in [0.2, 0.25) is 0 Å². The highest BCUT2D eigenvalue weighted by Crippen LogP contribution is 2.67. The van der Waals surface area contributed by atoms with Crippen molar-refractivity contribution < 1.29 is 0 Å². The van der Waals surface area contributed by atoms with Crippen molar-refractivity contribution in [1.29, 1.82) is 0 Å². The molecule has 3 aliphatic carbocycles. The van der Waals surface area contributed by atoms with E-state index in [0.717, 1.165) is 38.9 Å². The molecule has 0 saturated heterocycles. The predicted octanol–water partition coefficient (Wildman–Crippen LogP) is 16.9. The molecule has 15 rings (SSSR count). The third kappa shape index (κ3) is 6.11. The maximum Gasteiger partial charge on any atom is 0.164 e. The molecule has 1 heterocycles. The predicted molar refractivity (Wildman–Crippen MR) is 301 cm³/mol. The number of benzene rings is 11. The van der Waals surface area contributed by atoms with Crippen molar-refractivity contribution in [2.24, 2.45) is 0 Å². The van der Waals surface area contributed by atoms with Gasteiger partial charge in [0.25, 0.3) is 0 Å². The van der Waals surface area contributed by atoms with Gasteiger partial charge in [0.15, 0.2) is 17.5 Å². The average molecular weight is 940 g/mol. The fourth-order valence-corrected chi connectivity index (χ4v) is 12.9. The van der Waals surface area contributed by atoms with Crippen molar-refractivity contribution in [2.75, 3.05) is 0 Å². The van der Waals surface area contributed by atoms with Crippen molar-refractivity contribution in [2.45, 2.75) is 10.8 Å². The summed E-state index contributed by atoms with van der Waals surface area (Å²) in [6.45, 7) is 0. The van der Waals surface area contributed by atoms with E-state index in [0.29, 0.717) is 17.5 Å². The van der Waals surface area contributed by atoms with E-state index in [1.165, 1.54) is 77.9 Å². The number of fused-ring (bicyclic) bond motifs is 16. The Balaban J connectivity index is 0.915. The first kappa shape index (κ1) is 42.1. The Morgan fingerprint density at radius 1 is 0.176 bits per heavy atom. The summed E-state index contributed by atoms with van der Waals surface area (Å²) in [4.78, 5) is 15.7. The second-order valence-corrected chi connectivity index (χ2v) is 19.8. The summed E-state index contributed by atoms with van der Waals surface area (Å²) < 4.78 is 0. The zero-order chi connectivity index (χ0) is 48.8. The quantitative estimate of drug-likeness (QED) is 0.167. The van der Waals surface area contributed by atoms with Gasteiger partial charge in [-0.1, -0.05) is 255 Å². The van der Waals surface area contributed by atoms with Crippen molar-refractivity contribution >= 4 is 0 Å². The number of aromatic nitrogens is 3. The molecule has 1 aromatic heterocycles. The number of hydrogen-bond acceptors (Lipinski definition) is 3. The van der Waals surface area contributed by atoms with E-state index in [4.69, 9.17) is 15.0 Å². The normalized spacial score (nSPS) is 13.6. The summed E-state index contributed by atoms with van der Waals surface area (Å²) in [5.41, 5.74) is 24.2. The molecular weight excluding hydrogens is 895 g/mol. The monoisotopic (exact) mass is 939 g/mol. The van der Waals surface area contributed by atoms with Gasteiger partial charge in [0.1, 0.15) is 0 Å². The van der Waals surface area contributed by atoms with E-state index in [2.05, 4.69) is 255 Å². The van der Waals surface area contributed by atoms with Gasteiger partial charge in [-0.15, -0.1) is 0 Å². The lowest BCUT2D eigenvalue weighted by atomic mass is 9.52. The lowest BCUT2D eigenvalue weighted by molar-refractivity contribution is 0.633. The average Bonchev–Trinajstić information content (AvgIpc) is 4.11. The van der Waals surface area contributed by atoms with Crippen LogP contribution in [-0.4, -0.2) is 15.0 Å². The van der Waals surface area contributed by atoms with E-state index in [-0.39, 0.29) is 0 Å². The molecule has 0 atom stereocenters. The van der Waals surface area contributed by atoms with Crippen LogP contribution in [0.4, 0.5) is 0 Å². The van der Waals surface area contributed by atoms with E-state index >= 15 is 0 Å². The van der Waals surface area contributed by atoms with Crippen LogP contribution in [-0.2, 0) is 10.8 Å². The highest BCUT2D eigenvalue weighted by Gasteiger charge is 2.59. The van der Waals surface area contributed by atoms with E-state index in [9.17, 15) is 0 Å². The first-order chi connectivity index (χ1) is 36.7. The fraction of sp³-hybridized carbons (Fsp3) is 0.0282. The Kier molecular flexibility index (Phi) is 9.39. The second-order valence-electron chi connectivity index (χ2n) is 19.8. The minimum atomic E-state index is -0.587. The first-order valence-electron chi connectivity index (χ1n) is 25.5. The molecule has 74 heavy (non-hydrogen) atoms. The maximum absolute atomic E-state index is 5.29. The lowest BCUT2D eigenvalue weighted by Crippen LogP contribution is -2.43. The van der Waals surface area contributed by atoms with Crippen LogP contribution in [0, 0.1) is 0 Å². The SMILES string of the molecule is c1ccc(-c2ccc(-c3cccc(-c4nc(-c5ccccc5)nc(-c5cccc(-c6ccc7c(c6)C6(c8ccccc8-c8ccccc86)c6ccccc6C76c7ccccc7-c7ccccc76)c5)n4)c3)cc2)cc1. The van der Waals surface area contributed by atoms with Gasteiger partial charge in [-0.2, -0.15) is 0 Å². The van der Waals surface area contributed by atoms with Gasteiger partial charge in [0.2, 0.25) is 0 Å². The molecule has 0 unspecified atom stereocenters. The van der Waals surface area contributed by atoms with Crippen LogP contribution in [0.1, 0.15) is 44.5 Å². The van der Waals surface area contributed by atoms with Crippen LogP contribution >= 0.6 is 0 Å². The summed E-state index contributed by atoms with van der Waals surface area (Å²) in [6.07, 6.45) is 0. The highest BCUT2D eigenvalue weighted by molar-refractivity contribution is 5.94. The van der Waals surface area contributed by atoms with E-state index < -0.39 is 10.8 Å². The third-order valence-electron chi connectivity index (χ3n) is 16.0. The van der Waals surface area contributed by atoms with Crippen molar-refractivity contribution in [3.05, 3.63) is 317 Å². The second kappa shape index (κ2) is 16.5. The van der Waals surface area contributed by atoms with Crippen LogP contribution in [0.5, 0.6) is 0 Å². The summed E-state index contributed by atoms with van der Waals surface area (Å²) in [5, 5.41) is 0. The lowest BCUT2D eigenvalue weighted by Gasteiger charge is -2.49. The molecule has 0 fully saturated rings. The minimum Gasteiger partial charge on any atom is -0.208 e. The highest BCUT2D eigenvalue weighted by atomic mass is 15.0. The molecule has 0 saturated carbocycles. The first-order valence-corrected chi connectivity index (χ1v) is 25.5. The molecule has 0 radical (unpaired) electrons.